The molecule has 0 radical (unpaired) electrons. The van der Waals surface area contributed by atoms with Crippen LogP contribution in [0.25, 0.3) is 0 Å². The highest BCUT2D eigenvalue weighted by Gasteiger charge is 2.14. The number of nitrogens with one attached hydrogen (secondary N) is 1. The number of alkyl carbamates (subject to hydrolysis) is 1. The van der Waals surface area contributed by atoms with Crippen LogP contribution in [-0.2, 0) is 19.1 Å². The second-order valence-corrected chi connectivity index (χ2v) is 6.08. The van der Waals surface area contributed by atoms with Crippen molar-refractivity contribution < 1.29 is 29.0 Å². The van der Waals surface area contributed by atoms with E-state index in [0.29, 0.717) is 24.8 Å². The molecule has 0 saturated carbocycles. The van der Waals surface area contributed by atoms with Crippen molar-refractivity contribution >= 4 is 18.0 Å². The lowest BCUT2D eigenvalue weighted by Crippen LogP contribution is -2.30. The first-order valence-corrected chi connectivity index (χ1v) is 8.04. The molecule has 0 aliphatic heterocycles. The van der Waals surface area contributed by atoms with Gasteiger partial charge in [0.1, 0.15) is 0 Å². The minimum Gasteiger partial charge on any atom is -0.481 e. The fraction of sp³-hybridized carbons (Fsp3) is 0.812. The summed E-state index contributed by atoms with van der Waals surface area (Å²) in [5.74, 6) is -0.444. The fourth-order valence-electron chi connectivity index (χ4n) is 2.41. The van der Waals surface area contributed by atoms with Gasteiger partial charge in [0.25, 0.3) is 0 Å². The molecule has 0 heterocycles. The molecule has 1 amide bonds. The number of carboxylic acid groups (broad SMARTS) is 1. The molecule has 23 heavy (non-hydrogen) atoms. The van der Waals surface area contributed by atoms with Crippen molar-refractivity contribution in [3.63, 3.8) is 0 Å². The van der Waals surface area contributed by atoms with Gasteiger partial charge in [0.15, 0.2) is 0 Å². The summed E-state index contributed by atoms with van der Waals surface area (Å²) in [4.78, 5) is 32.8. The third kappa shape index (κ3) is 13.6. The zero-order valence-electron chi connectivity index (χ0n) is 14.5. The molecule has 0 fully saturated rings. The Morgan fingerprint density at radius 3 is 2.26 bits per heavy atom. The van der Waals surface area contributed by atoms with Crippen molar-refractivity contribution in [2.75, 3.05) is 6.54 Å². The number of amides is 1. The maximum Gasteiger partial charge on any atom is 0.410 e. The normalized spacial score (nSPS) is 13.3. The van der Waals surface area contributed by atoms with Crippen molar-refractivity contribution in [3.05, 3.63) is 0 Å². The number of hydrogen-bond acceptors (Lipinski definition) is 5. The van der Waals surface area contributed by atoms with Crippen LogP contribution in [0.4, 0.5) is 4.79 Å². The van der Waals surface area contributed by atoms with Gasteiger partial charge in [-0.05, 0) is 37.5 Å². The maximum atomic E-state index is 11.5. The zero-order valence-corrected chi connectivity index (χ0v) is 14.5. The van der Waals surface area contributed by atoms with Gasteiger partial charge in [-0.2, -0.15) is 0 Å². The molecule has 0 saturated heterocycles. The van der Waals surface area contributed by atoms with Gasteiger partial charge < -0.3 is 19.9 Å². The summed E-state index contributed by atoms with van der Waals surface area (Å²) in [5, 5.41) is 11.4. The summed E-state index contributed by atoms with van der Waals surface area (Å²) in [6, 6.07) is 0. The zero-order chi connectivity index (χ0) is 17.8. The van der Waals surface area contributed by atoms with Crippen LogP contribution in [0.5, 0.6) is 0 Å². The molecule has 0 bridgehead atoms. The van der Waals surface area contributed by atoms with E-state index in [9.17, 15) is 14.4 Å². The van der Waals surface area contributed by atoms with Crippen LogP contribution >= 0.6 is 0 Å². The van der Waals surface area contributed by atoms with Gasteiger partial charge in [0.05, 0.1) is 0 Å². The standard InChI is InChI=1S/C16H29NO6/c1-11(2)10-14(7-8-15(19)20)6-5-9-17-16(21)23-13(4)22-12(3)18/h11,13-14H,5-10H2,1-4H3,(H,17,21)(H,19,20)/t13-,14+/m1/s1. The van der Waals surface area contributed by atoms with Gasteiger partial charge in [0.2, 0.25) is 6.29 Å². The Labute approximate surface area is 137 Å². The van der Waals surface area contributed by atoms with Crippen molar-refractivity contribution in [2.24, 2.45) is 11.8 Å². The summed E-state index contributed by atoms with van der Waals surface area (Å²) >= 11 is 0. The highest BCUT2D eigenvalue weighted by Crippen LogP contribution is 2.22. The van der Waals surface area contributed by atoms with E-state index in [1.165, 1.54) is 13.8 Å². The Balaban J connectivity index is 3.96. The molecule has 0 spiro atoms. The summed E-state index contributed by atoms with van der Waals surface area (Å²) in [7, 11) is 0. The van der Waals surface area contributed by atoms with Crippen LogP contribution in [0.3, 0.4) is 0 Å². The first-order valence-electron chi connectivity index (χ1n) is 8.04. The van der Waals surface area contributed by atoms with Crippen molar-refractivity contribution in [1.82, 2.24) is 5.32 Å². The van der Waals surface area contributed by atoms with Gasteiger partial charge in [-0.1, -0.05) is 13.8 Å². The van der Waals surface area contributed by atoms with Gasteiger partial charge >= 0.3 is 18.0 Å². The Kier molecular flexibility index (Phi) is 10.8. The topological polar surface area (TPSA) is 102 Å². The number of esters is 1. The van der Waals surface area contributed by atoms with E-state index in [0.717, 1.165) is 19.3 Å². The van der Waals surface area contributed by atoms with Crippen LogP contribution in [0, 0.1) is 11.8 Å². The van der Waals surface area contributed by atoms with E-state index in [1.54, 1.807) is 0 Å². The van der Waals surface area contributed by atoms with Gasteiger partial charge in [-0.25, -0.2) is 4.79 Å². The van der Waals surface area contributed by atoms with Crippen molar-refractivity contribution in [3.8, 4) is 0 Å². The second kappa shape index (κ2) is 11.7. The Morgan fingerprint density at radius 1 is 1.09 bits per heavy atom. The van der Waals surface area contributed by atoms with Gasteiger partial charge in [0, 0.05) is 26.8 Å². The highest BCUT2D eigenvalue weighted by molar-refractivity contribution is 5.68. The molecule has 0 aromatic heterocycles. The van der Waals surface area contributed by atoms with E-state index in [2.05, 4.69) is 23.9 Å². The van der Waals surface area contributed by atoms with Crippen LogP contribution in [-0.4, -0.2) is 36.0 Å². The molecule has 0 aliphatic carbocycles. The van der Waals surface area contributed by atoms with E-state index in [1.807, 2.05) is 0 Å². The largest absolute Gasteiger partial charge is 0.481 e. The van der Waals surface area contributed by atoms with Crippen molar-refractivity contribution in [2.45, 2.75) is 66.1 Å². The first kappa shape index (κ1) is 21.2. The van der Waals surface area contributed by atoms with Gasteiger partial charge in [-0.15, -0.1) is 0 Å². The number of carboxylic acids is 1. The SMILES string of the molecule is CC(=O)O[C@@H](C)OC(=O)NCCC[C@@H](CCC(=O)O)CC(C)C. The molecular weight excluding hydrogens is 302 g/mol. The number of ether oxygens (including phenoxy) is 2. The molecule has 0 unspecified atom stereocenters. The minimum atomic E-state index is -0.920. The molecule has 0 aromatic rings. The summed E-state index contributed by atoms with van der Waals surface area (Å²) in [6.07, 6.45) is 1.84. The number of hydrogen-bond donors (Lipinski definition) is 2. The Morgan fingerprint density at radius 2 is 1.74 bits per heavy atom. The van der Waals surface area contributed by atoms with E-state index in [4.69, 9.17) is 9.84 Å². The fourth-order valence-corrected chi connectivity index (χ4v) is 2.41. The number of rotatable bonds is 11. The number of aliphatic carboxylic acids is 1. The predicted octanol–water partition coefficient (Wildman–Crippen LogP) is 2.93. The average molecular weight is 331 g/mol. The highest BCUT2D eigenvalue weighted by atomic mass is 16.7. The molecule has 0 aromatic carbocycles. The monoisotopic (exact) mass is 331 g/mol. The smallest absolute Gasteiger partial charge is 0.410 e. The molecule has 2 N–H and O–H groups in total. The molecule has 134 valence electrons. The minimum absolute atomic E-state index is 0.173. The molecule has 7 nitrogen and oxygen atoms in total. The van der Waals surface area contributed by atoms with Crippen molar-refractivity contribution in [1.29, 1.82) is 0 Å². The Bertz CT molecular complexity index is 383. The maximum absolute atomic E-state index is 11.5. The quantitative estimate of drug-likeness (QED) is 0.343. The molecule has 0 aliphatic rings. The van der Waals surface area contributed by atoms with Crippen LogP contribution in [0.2, 0.25) is 0 Å². The number of carbonyl (C=O) groups excluding carboxylic acids is 2. The lowest BCUT2D eigenvalue weighted by molar-refractivity contribution is -0.162. The van der Waals surface area contributed by atoms with E-state index >= 15 is 0 Å². The lowest BCUT2D eigenvalue weighted by Gasteiger charge is -2.18. The summed E-state index contributed by atoms with van der Waals surface area (Å²) < 4.78 is 9.53. The first-order chi connectivity index (χ1) is 10.7. The summed E-state index contributed by atoms with van der Waals surface area (Å²) in [5.41, 5.74) is 0. The van der Waals surface area contributed by atoms with Crippen LogP contribution < -0.4 is 5.32 Å². The van der Waals surface area contributed by atoms with E-state index in [-0.39, 0.29) is 6.42 Å². The molecule has 7 heteroatoms. The number of carbonyl (C=O) groups is 3. The predicted molar refractivity (Wildman–Crippen MR) is 84.8 cm³/mol. The molecular formula is C16H29NO6. The third-order valence-corrected chi connectivity index (χ3v) is 3.23. The Hall–Kier alpha value is -1.79. The molecule has 0 rings (SSSR count). The molecule has 2 atom stereocenters. The van der Waals surface area contributed by atoms with Gasteiger partial charge in [-0.3, -0.25) is 9.59 Å². The average Bonchev–Trinajstić information content (AvgIpc) is 2.38. The lowest BCUT2D eigenvalue weighted by atomic mass is 9.89. The van der Waals surface area contributed by atoms with Crippen LogP contribution in [0.1, 0.15) is 59.8 Å². The summed E-state index contributed by atoms with van der Waals surface area (Å²) in [6.45, 7) is 7.36. The van der Waals surface area contributed by atoms with Crippen LogP contribution in [0.15, 0.2) is 0 Å². The third-order valence-electron chi connectivity index (χ3n) is 3.23. The second-order valence-electron chi connectivity index (χ2n) is 6.08. The van der Waals surface area contributed by atoms with E-state index < -0.39 is 24.3 Å².